The standard InChI is InChI=1S/C50H80N4O23/c1-46(2,3)77-45(59)54-23(31-35(63-15)39-43(67-31)75-49(8,9)71-39)19-27(57)52-21(29-33(61-13)37-41(65-29)73-47(4,5)69-37)17-25(55)51-22(30-34(62-14)38-42(66-30)74-48(6,7)70-38)18-26(56)53-24(20-28(58)60-12)32-36(64-16)40-44(68-32)76-50(10,11)72-40/h21-24,29-44H,17-20H2,1-16H3,(H,51,55)(H,52,57)(H,53,56)(H,54,59)/t21?,22?,23?,24?,29-,30+,31+,32-,33+,34+,35+,36+,37-,38-,39-,40-,41-,42-,43-,44-/m1/s1. The van der Waals surface area contributed by atoms with Crippen molar-refractivity contribution >= 4 is 29.8 Å². The lowest BCUT2D eigenvalue weighted by Crippen LogP contribution is -2.57. The van der Waals surface area contributed by atoms with Crippen molar-refractivity contribution in [1.29, 1.82) is 0 Å². The van der Waals surface area contributed by atoms with E-state index in [0.717, 1.165) is 0 Å². The lowest BCUT2D eigenvalue weighted by molar-refractivity contribution is -0.221. The van der Waals surface area contributed by atoms with E-state index in [1.807, 2.05) is 0 Å². The van der Waals surface area contributed by atoms with Crippen LogP contribution in [0.2, 0.25) is 0 Å². The number of rotatable bonds is 20. The van der Waals surface area contributed by atoms with Gasteiger partial charge >= 0.3 is 12.1 Å². The number of alkyl carbamates (subject to hydrolysis) is 1. The van der Waals surface area contributed by atoms with Gasteiger partial charge in [0.15, 0.2) is 48.3 Å². The van der Waals surface area contributed by atoms with E-state index in [-0.39, 0.29) is 6.42 Å². The van der Waals surface area contributed by atoms with E-state index in [2.05, 4.69) is 21.3 Å². The van der Waals surface area contributed by atoms with Gasteiger partial charge < -0.3 is 107 Å². The maximum Gasteiger partial charge on any atom is 0.407 e. The average Bonchev–Trinajstić information content (AvgIpc) is 4.23. The molecule has 8 rings (SSSR count). The van der Waals surface area contributed by atoms with Gasteiger partial charge in [-0.15, -0.1) is 0 Å². The first-order chi connectivity index (χ1) is 36.0. The number of carbonyl (C=O) groups excluding carboxylic acids is 5. The zero-order valence-corrected chi connectivity index (χ0v) is 46.8. The fourth-order valence-electron chi connectivity index (χ4n) is 11.5. The summed E-state index contributed by atoms with van der Waals surface area (Å²) >= 11 is 0. The van der Waals surface area contributed by atoms with E-state index in [9.17, 15) is 24.0 Å². The number of nitrogens with one attached hydrogen (secondary N) is 4. The number of hydrogen-bond acceptors (Lipinski definition) is 23. The Bertz CT molecular complexity index is 2140. The van der Waals surface area contributed by atoms with Crippen LogP contribution in [0.3, 0.4) is 0 Å². The third kappa shape index (κ3) is 13.5. The molecular formula is C50H80N4O23. The van der Waals surface area contributed by atoms with Crippen molar-refractivity contribution in [3.63, 3.8) is 0 Å². The first kappa shape index (κ1) is 59.6. The molecule has 20 atom stereocenters. The minimum atomic E-state index is -1.20. The third-order valence-electron chi connectivity index (χ3n) is 14.4. The molecule has 0 aromatic heterocycles. The van der Waals surface area contributed by atoms with Crippen molar-refractivity contribution in [3.05, 3.63) is 0 Å². The summed E-state index contributed by atoms with van der Waals surface area (Å²) in [4.78, 5) is 70.4. The second kappa shape index (κ2) is 22.8. The zero-order chi connectivity index (χ0) is 56.3. The van der Waals surface area contributed by atoms with Crippen molar-refractivity contribution in [2.45, 2.75) is 253 Å². The number of fused-ring (bicyclic) bond motifs is 4. The molecule has 0 saturated carbocycles. The summed E-state index contributed by atoms with van der Waals surface area (Å²) in [7, 11) is 7.00. The number of amides is 4. The average molecular weight is 1110 g/mol. The molecule has 8 saturated heterocycles. The van der Waals surface area contributed by atoms with E-state index in [1.54, 1.807) is 76.2 Å². The van der Waals surface area contributed by atoms with E-state index in [0.29, 0.717) is 0 Å². The Hall–Kier alpha value is -3.49. The normalized spacial score (nSPS) is 38.4. The molecule has 27 heteroatoms. The van der Waals surface area contributed by atoms with Crippen molar-refractivity contribution < 1.29 is 109 Å². The second-order valence-corrected chi connectivity index (χ2v) is 23.2. The Morgan fingerprint density at radius 2 is 0.675 bits per heavy atom. The molecule has 0 aromatic rings. The van der Waals surface area contributed by atoms with Crippen LogP contribution in [0.1, 0.15) is 102 Å². The number of esters is 1. The Kier molecular flexibility index (Phi) is 17.7. The molecule has 0 bridgehead atoms. The Labute approximate surface area is 448 Å². The molecule has 0 radical (unpaired) electrons. The van der Waals surface area contributed by atoms with Crippen LogP contribution in [0.4, 0.5) is 4.79 Å². The Morgan fingerprint density at radius 1 is 0.416 bits per heavy atom. The van der Waals surface area contributed by atoms with Gasteiger partial charge in [-0.25, -0.2) is 4.79 Å². The quantitative estimate of drug-likeness (QED) is 0.122. The molecule has 8 heterocycles. The van der Waals surface area contributed by atoms with Crippen LogP contribution < -0.4 is 21.3 Å². The van der Waals surface area contributed by atoms with Gasteiger partial charge in [0.2, 0.25) is 17.7 Å². The molecule has 0 aliphatic carbocycles. The topological polar surface area (TPSA) is 300 Å². The molecule has 438 valence electrons. The van der Waals surface area contributed by atoms with E-state index >= 15 is 0 Å². The van der Waals surface area contributed by atoms with Gasteiger partial charge in [-0.05, 0) is 76.2 Å². The highest BCUT2D eigenvalue weighted by atomic mass is 16.9. The summed E-state index contributed by atoms with van der Waals surface area (Å²) in [5.41, 5.74) is -0.907. The SMILES string of the molecule is COC(=O)CC(NC(=O)CC(NC(=O)CC(NC(=O)CC(NC(=O)OC(C)(C)C)[C@@H]1O[C@@H]2OC(C)(C)O[C@@H]2[C@H]1OC)[C@H]1O[C@@H]2OC(C)(C)O[C@@H]2[C@H]1OC)[C@@H]1O[C@@H]2OC(C)(C)O[C@@H]2[C@H]1OC)[C@H]1O[C@@H]2OC(C)(C)O[C@@H]2[C@H]1OC. The van der Waals surface area contributed by atoms with Crippen molar-refractivity contribution in [3.8, 4) is 0 Å². The van der Waals surface area contributed by atoms with Crippen LogP contribution in [0, 0.1) is 0 Å². The Balaban J connectivity index is 1.05. The smallest absolute Gasteiger partial charge is 0.407 e. The van der Waals surface area contributed by atoms with Gasteiger partial charge in [0, 0.05) is 47.7 Å². The number of hydrogen-bond donors (Lipinski definition) is 4. The minimum absolute atomic E-state index is 0.335. The molecule has 8 aliphatic heterocycles. The van der Waals surface area contributed by atoms with Gasteiger partial charge in [-0.3, -0.25) is 19.2 Å². The predicted octanol–water partition coefficient (Wildman–Crippen LogP) is 0.633. The summed E-state index contributed by atoms with van der Waals surface area (Å²) in [6, 6.07) is -4.53. The van der Waals surface area contributed by atoms with Gasteiger partial charge in [0.25, 0.3) is 0 Å². The van der Waals surface area contributed by atoms with Crippen molar-refractivity contribution in [1.82, 2.24) is 21.3 Å². The van der Waals surface area contributed by atoms with Gasteiger partial charge in [-0.2, -0.15) is 0 Å². The molecule has 4 unspecified atom stereocenters. The molecule has 77 heavy (non-hydrogen) atoms. The molecule has 4 N–H and O–H groups in total. The predicted molar refractivity (Wildman–Crippen MR) is 257 cm³/mol. The van der Waals surface area contributed by atoms with Crippen LogP contribution >= 0.6 is 0 Å². The first-order valence-electron chi connectivity index (χ1n) is 26.1. The highest BCUT2D eigenvalue weighted by Crippen LogP contribution is 2.44. The van der Waals surface area contributed by atoms with E-state index in [4.69, 9.17) is 85.3 Å². The van der Waals surface area contributed by atoms with Crippen LogP contribution in [0.25, 0.3) is 0 Å². The largest absolute Gasteiger partial charge is 0.469 e. The maximum atomic E-state index is 14.9. The molecule has 27 nitrogen and oxygen atoms in total. The fourth-order valence-corrected chi connectivity index (χ4v) is 11.5. The maximum absolute atomic E-state index is 14.9. The Morgan fingerprint density at radius 3 is 0.922 bits per heavy atom. The van der Waals surface area contributed by atoms with Crippen LogP contribution in [-0.4, -0.2) is 217 Å². The highest BCUT2D eigenvalue weighted by molar-refractivity contribution is 5.83. The molecule has 0 aromatic carbocycles. The van der Waals surface area contributed by atoms with Crippen LogP contribution in [-0.2, 0) is 104 Å². The van der Waals surface area contributed by atoms with E-state index < -0.39 is 200 Å². The monoisotopic (exact) mass is 1100 g/mol. The lowest BCUT2D eigenvalue weighted by Gasteiger charge is -2.34. The third-order valence-corrected chi connectivity index (χ3v) is 14.4. The lowest BCUT2D eigenvalue weighted by atomic mass is 9.96. The highest BCUT2D eigenvalue weighted by Gasteiger charge is 2.62. The van der Waals surface area contributed by atoms with Crippen LogP contribution in [0.5, 0.6) is 0 Å². The van der Waals surface area contributed by atoms with Crippen molar-refractivity contribution in [2.75, 3.05) is 35.5 Å². The molecule has 4 amide bonds. The fraction of sp³-hybridized carbons (Fsp3) is 0.900. The summed E-state index contributed by atoms with van der Waals surface area (Å²) in [6.45, 7) is 18.9. The summed E-state index contributed by atoms with van der Waals surface area (Å²) < 4.78 is 108. The molecule has 8 aliphatic rings. The molecular weight excluding hydrogens is 1020 g/mol. The number of carbonyl (C=O) groups is 5. The second-order valence-electron chi connectivity index (χ2n) is 23.2. The van der Waals surface area contributed by atoms with Crippen molar-refractivity contribution in [2.24, 2.45) is 0 Å². The van der Waals surface area contributed by atoms with E-state index in [1.165, 1.54) is 35.5 Å². The first-order valence-corrected chi connectivity index (χ1v) is 26.1. The summed E-state index contributed by atoms with van der Waals surface area (Å²) in [6.07, 6.45) is -16.6. The number of methoxy groups -OCH3 is 5. The summed E-state index contributed by atoms with van der Waals surface area (Å²) in [5, 5.41) is 11.6. The molecule has 8 fully saturated rings. The van der Waals surface area contributed by atoms with Gasteiger partial charge in [0.05, 0.1) is 37.7 Å². The summed E-state index contributed by atoms with van der Waals surface area (Å²) in [5.74, 6) is -6.75. The van der Waals surface area contributed by atoms with Gasteiger partial charge in [-0.1, -0.05) is 0 Å². The van der Waals surface area contributed by atoms with Crippen LogP contribution in [0.15, 0.2) is 0 Å². The zero-order valence-electron chi connectivity index (χ0n) is 46.8. The number of ether oxygens (including phenoxy) is 18. The molecule has 0 spiro atoms. The van der Waals surface area contributed by atoms with Gasteiger partial charge in [0.1, 0.15) is 78.8 Å². The minimum Gasteiger partial charge on any atom is -0.469 e.